The van der Waals surface area contributed by atoms with Crippen molar-refractivity contribution in [3.63, 3.8) is 0 Å². The van der Waals surface area contributed by atoms with E-state index in [1.165, 1.54) is 0 Å². The topological polar surface area (TPSA) is 26.3 Å². The molecule has 2 nitrogen and oxygen atoms in total. The van der Waals surface area contributed by atoms with Crippen molar-refractivity contribution in [3.8, 4) is 5.75 Å². The second-order valence-electron chi connectivity index (χ2n) is 4.82. The Balaban J connectivity index is 2.12. The molecule has 0 atom stereocenters. The fourth-order valence-electron chi connectivity index (χ4n) is 2.36. The van der Waals surface area contributed by atoms with Gasteiger partial charge in [-0.3, -0.25) is 4.79 Å². The highest BCUT2D eigenvalue weighted by molar-refractivity contribution is 9.10. The standard InChI is InChI=1S/C18H12BrClO2/c1-22-12-8-6-11(7-9-12)18(21)15-10-16(19)13-4-2-3-5-14(13)17(15)20/h2-10H,1H3. The second-order valence-corrected chi connectivity index (χ2v) is 6.06. The summed E-state index contributed by atoms with van der Waals surface area (Å²) in [5.74, 6) is 0.599. The minimum absolute atomic E-state index is 0.112. The number of carbonyl (C=O) groups excluding carboxylic acids is 1. The minimum atomic E-state index is -0.112. The number of ether oxygens (including phenoxy) is 1. The molecule has 0 aromatic heterocycles. The largest absolute Gasteiger partial charge is 0.497 e. The smallest absolute Gasteiger partial charge is 0.194 e. The summed E-state index contributed by atoms with van der Waals surface area (Å²) in [4.78, 5) is 12.7. The number of rotatable bonds is 3. The van der Waals surface area contributed by atoms with Crippen LogP contribution in [0.1, 0.15) is 15.9 Å². The molecule has 0 spiro atoms. The molecule has 0 saturated carbocycles. The van der Waals surface area contributed by atoms with Crippen LogP contribution in [0.15, 0.2) is 59.1 Å². The van der Waals surface area contributed by atoms with Crippen molar-refractivity contribution in [2.45, 2.75) is 0 Å². The molecular weight excluding hydrogens is 364 g/mol. The molecule has 3 aromatic carbocycles. The predicted molar refractivity (Wildman–Crippen MR) is 93.1 cm³/mol. The van der Waals surface area contributed by atoms with Crippen molar-refractivity contribution in [3.05, 3.63) is 75.2 Å². The molecule has 0 radical (unpaired) electrons. The first-order chi connectivity index (χ1) is 10.6. The molecule has 0 N–H and O–H groups in total. The van der Waals surface area contributed by atoms with E-state index >= 15 is 0 Å². The summed E-state index contributed by atoms with van der Waals surface area (Å²) in [5, 5.41) is 2.31. The summed E-state index contributed by atoms with van der Waals surface area (Å²) in [6.07, 6.45) is 0. The van der Waals surface area contributed by atoms with E-state index in [1.807, 2.05) is 24.3 Å². The van der Waals surface area contributed by atoms with E-state index in [4.69, 9.17) is 16.3 Å². The Labute approximate surface area is 141 Å². The third kappa shape index (κ3) is 2.62. The highest BCUT2D eigenvalue weighted by Crippen LogP contribution is 2.34. The first kappa shape index (κ1) is 15.1. The van der Waals surface area contributed by atoms with Crippen LogP contribution in [0.25, 0.3) is 10.8 Å². The zero-order valence-electron chi connectivity index (χ0n) is 11.8. The van der Waals surface area contributed by atoms with Crippen LogP contribution in [-0.4, -0.2) is 12.9 Å². The average molecular weight is 376 g/mol. The lowest BCUT2D eigenvalue weighted by Crippen LogP contribution is -2.03. The van der Waals surface area contributed by atoms with Crippen molar-refractivity contribution < 1.29 is 9.53 Å². The van der Waals surface area contributed by atoms with Crippen molar-refractivity contribution in [2.75, 3.05) is 7.11 Å². The number of halogens is 2. The minimum Gasteiger partial charge on any atom is -0.497 e. The second kappa shape index (κ2) is 6.11. The van der Waals surface area contributed by atoms with Gasteiger partial charge in [0.1, 0.15) is 5.75 Å². The molecular formula is C18H12BrClO2. The van der Waals surface area contributed by atoms with Gasteiger partial charge in [0.2, 0.25) is 0 Å². The lowest BCUT2D eigenvalue weighted by atomic mass is 9.99. The van der Waals surface area contributed by atoms with Crippen LogP contribution in [0, 0.1) is 0 Å². The first-order valence-corrected chi connectivity index (χ1v) is 7.84. The molecule has 3 aromatic rings. The van der Waals surface area contributed by atoms with Crippen LogP contribution >= 0.6 is 27.5 Å². The van der Waals surface area contributed by atoms with Gasteiger partial charge in [0, 0.05) is 21.0 Å². The summed E-state index contributed by atoms with van der Waals surface area (Å²) in [5.41, 5.74) is 1.06. The Morgan fingerprint density at radius 1 is 1.05 bits per heavy atom. The lowest BCUT2D eigenvalue weighted by molar-refractivity contribution is 0.103. The third-order valence-corrected chi connectivity index (χ3v) is 4.59. The molecule has 22 heavy (non-hydrogen) atoms. The predicted octanol–water partition coefficient (Wildman–Crippen LogP) is 5.50. The molecule has 3 rings (SSSR count). The Hall–Kier alpha value is -1.84. The molecule has 0 aliphatic rings. The summed E-state index contributed by atoms with van der Waals surface area (Å²) in [6, 6.07) is 16.5. The van der Waals surface area contributed by atoms with E-state index in [1.54, 1.807) is 37.4 Å². The SMILES string of the molecule is COc1ccc(C(=O)c2cc(Br)c3ccccc3c2Cl)cc1. The van der Waals surface area contributed by atoms with E-state index in [0.29, 0.717) is 21.9 Å². The highest BCUT2D eigenvalue weighted by atomic mass is 79.9. The molecule has 110 valence electrons. The third-order valence-electron chi connectivity index (χ3n) is 3.53. The number of methoxy groups -OCH3 is 1. The van der Waals surface area contributed by atoms with Gasteiger partial charge < -0.3 is 4.74 Å². The fraction of sp³-hybridized carbons (Fsp3) is 0.0556. The van der Waals surface area contributed by atoms with E-state index in [0.717, 1.165) is 15.2 Å². The molecule has 0 bridgehead atoms. The van der Waals surface area contributed by atoms with Crippen molar-refractivity contribution in [2.24, 2.45) is 0 Å². The summed E-state index contributed by atoms with van der Waals surface area (Å²) in [6.45, 7) is 0. The normalized spacial score (nSPS) is 10.7. The van der Waals surface area contributed by atoms with Gasteiger partial charge in [-0.2, -0.15) is 0 Å². The molecule has 0 unspecified atom stereocenters. The van der Waals surface area contributed by atoms with Crippen molar-refractivity contribution in [1.29, 1.82) is 0 Å². The molecule has 0 heterocycles. The summed E-state index contributed by atoms with van der Waals surface area (Å²) < 4.78 is 5.96. The zero-order chi connectivity index (χ0) is 15.7. The van der Waals surface area contributed by atoms with Crippen molar-refractivity contribution >= 4 is 44.1 Å². The summed E-state index contributed by atoms with van der Waals surface area (Å²) >= 11 is 9.97. The van der Waals surface area contributed by atoms with Crippen molar-refractivity contribution in [1.82, 2.24) is 0 Å². The molecule has 0 saturated heterocycles. The molecule has 0 aliphatic heterocycles. The van der Waals surface area contributed by atoms with Gasteiger partial charge in [0.05, 0.1) is 12.1 Å². The van der Waals surface area contributed by atoms with Crippen LogP contribution in [0.3, 0.4) is 0 Å². The Kier molecular flexibility index (Phi) is 4.19. The molecule has 0 amide bonds. The van der Waals surface area contributed by atoms with Gasteiger partial charge >= 0.3 is 0 Å². The van der Waals surface area contributed by atoms with Gasteiger partial charge in [-0.05, 0) is 35.7 Å². The van der Waals surface area contributed by atoms with Crippen LogP contribution in [0.2, 0.25) is 5.02 Å². The van der Waals surface area contributed by atoms with E-state index in [9.17, 15) is 4.79 Å². The van der Waals surface area contributed by atoms with Gasteiger partial charge in [0.15, 0.2) is 5.78 Å². The molecule has 0 fully saturated rings. The maximum atomic E-state index is 12.7. The van der Waals surface area contributed by atoms with Gasteiger partial charge in [0.25, 0.3) is 0 Å². The number of carbonyl (C=O) groups is 1. The Morgan fingerprint density at radius 3 is 2.32 bits per heavy atom. The molecule has 0 aliphatic carbocycles. The van der Waals surface area contributed by atoms with Crippen LogP contribution in [0.5, 0.6) is 5.75 Å². The van der Waals surface area contributed by atoms with E-state index in [-0.39, 0.29) is 5.78 Å². The van der Waals surface area contributed by atoms with Gasteiger partial charge in [-0.1, -0.05) is 51.8 Å². The number of fused-ring (bicyclic) bond motifs is 1. The number of hydrogen-bond acceptors (Lipinski definition) is 2. The number of ketones is 1. The van der Waals surface area contributed by atoms with Crippen LogP contribution in [0.4, 0.5) is 0 Å². The Bertz CT molecular complexity index is 857. The van der Waals surface area contributed by atoms with E-state index in [2.05, 4.69) is 15.9 Å². The highest BCUT2D eigenvalue weighted by Gasteiger charge is 2.17. The monoisotopic (exact) mass is 374 g/mol. The van der Waals surface area contributed by atoms with Crippen LogP contribution < -0.4 is 4.74 Å². The lowest BCUT2D eigenvalue weighted by Gasteiger charge is -2.10. The average Bonchev–Trinajstić information content (AvgIpc) is 2.57. The maximum Gasteiger partial charge on any atom is 0.194 e. The number of benzene rings is 3. The Morgan fingerprint density at radius 2 is 1.68 bits per heavy atom. The zero-order valence-corrected chi connectivity index (χ0v) is 14.1. The maximum absolute atomic E-state index is 12.7. The molecule has 4 heteroatoms. The van der Waals surface area contributed by atoms with E-state index < -0.39 is 0 Å². The summed E-state index contributed by atoms with van der Waals surface area (Å²) in [7, 11) is 1.59. The quantitative estimate of drug-likeness (QED) is 0.565. The first-order valence-electron chi connectivity index (χ1n) is 6.67. The van der Waals surface area contributed by atoms with Gasteiger partial charge in [-0.25, -0.2) is 0 Å². The van der Waals surface area contributed by atoms with Crippen LogP contribution in [-0.2, 0) is 0 Å². The van der Waals surface area contributed by atoms with Gasteiger partial charge in [-0.15, -0.1) is 0 Å². The fourth-order valence-corrected chi connectivity index (χ4v) is 3.24. The number of hydrogen-bond donors (Lipinski definition) is 0.